The van der Waals surface area contributed by atoms with Crippen LogP contribution in [0.4, 0.5) is 0 Å². The molecular weight excluding hydrogens is 172 g/mol. The molecule has 0 bridgehead atoms. The van der Waals surface area contributed by atoms with Gasteiger partial charge in [0.15, 0.2) is 0 Å². The summed E-state index contributed by atoms with van der Waals surface area (Å²) in [5.74, 6) is 0. The van der Waals surface area contributed by atoms with Gasteiger partial charge in [-0.05, 0) is 34.5 Å². The molecule has 1 N–H and O–H groups in total. The Morgan fingerprint density at radius 2 is 1.79 bits per heavy atom. The molecule has 2 heteroatoms. The van der Waals surface area contributed by atoms with Gasteiger partial charge in [0.25, 0.3) is 0 Å². The summed E-state index contributed by atoms with van der Waals surface area (Å²) in [6.45, 7) is 15.9. The van der Waals surface area contributed by atoms with Crippen LogP contribution in [0.1, 0.15) is 34.6 Å². The number of nitrogens with one attached hydrogen (secondary N) is 1. The average molecular weight is 202 g/mol. The minimum atomic E-state index is 0.606. The molecule has 1 atom stereocenters. The Morgan fingerprint density at radius 3 is 2.00 bits per heavy atom. The first-order valence-electron chi connectivity index (χ1n) is 5.55. The molecule has 88 valence electrons. The van der Waals surface area contributed by atoms with Gasteiger partial charge in [-0.15, -0.1) is 6.58 Å². The van der Waals surface area contributed by atoms with Gasteiger partial charge in [-0.3, -0.25) is 0 Å². The number of rotatable bonds is 4. The predicted molar refractivity (Wildman–Crippen MR) is 68.9 cm³/mol. The third-order valence-electron chi connectivity index (χ3n) is 1.62. The monoisotopic (exact) mass is 202 g/mol. The summed E-state index contributed by atoms with van der Waals surface area (Å²) in [4.78, 5) is 2.29. The van der Waals surface area contributed by atoms with Gasteiger partial charge < -0.3 is 10.2 Å². The van der Waals surface area contributed by atoms with E-state index in [4.69, 9.17) is 0 Å². The van der Waals surface area contributed by atoms with Crippen molar-refractivity contribution < 1.29 is 0 Å². The Kier molecular flexibility index (Phi) is 25.4. The topological polar surface area (TPSA) is 15.3 Å². The molecule has 0 amide bonds. The maximum absolute atomic E-state index is 3.36. The highest BCUT2D eigenvalue weighted by Crippen LogP contribution is 1.85. The molecule has 1 unspecified atom stereocenters. The maximum Gasteiger partial charge on any atom is 0.0163 e. The van der Waals surface area contributed by atoms with E-state index in [1.807, 2.05) is 27.8 Å². The van der Waals surface area contributed by atoms with Crippen LogP contribution in [-0.2, 0) is 0 Å². The van der Waals surface area contributed by atoms with E-state index in [9.17, 15) is 0 Å². The molecule has 2 nitrogen and oxygen atoms in total. The molecule has 0 rings (SSSR count). The maximum atomic E-state index is 3.36. The van der Waals surface area contributed by atoms with E-state index in [2.05, 4.69) is 37.7 Å². The summed E-state index contributed by atoms with van der Waals surface area (Å²) in [7, 11) is 4.13. The second kappa shape index (κ2) is 18.4. The molecule has 0 radical (unpaired) electrons. The average Bonchev–Trinajstić information content (AvgIpc) is 2.21. The van der Waals surface area contributed by atoms with Crippen LogP contribution in [0.15, 0.2) is 12.7 Å². The Hall–Kier alpha value is -0.340. The molecule has 0 fully saturated rings. The third kappa shape index (κ3) is 22.6. The van der Waals surface area contributed by atoms with Crippen molar-refractivity contribution in [3.8, 4) is 0 Å². The largest absolute Gasteiger partial charge is 0.316 e. The summed E-state index contributed by atoms with van der Waals surface area (Å²) < 4.78 is 0. The van der Waals surface area contributed by atoms with Crippen LogP contribution in [-0.4, -0.2) is 38.1 Å². The highest BCUT2D eigenvalue weighted by Gasteiger charge is 1.99. The van der Waals surface area contributed by atoms with Crippen molar-refractivity contribution in [2.45, 2.75) is 40.7 Å². The first-order chi connectivity index (χ1) is 6.62. The van der Waals surface area contributed by atoms with Crippen LogP contribution in [0.25, 0.3) is 0 Å². The minimum absolute atomic E-state index is 0.606. The van der Waals surface area contributed by atoms with Gasteiger partial charge >= 0.3 is 0 Å². The highest BCUT2D eigenvalue weighted by molar-refractivity contribution is 4.60. The van der Waals surface area contributed by atoms with Crippen LogP contribution >= 0.6 is 0 Å². The second-order valence-electron chi connectivity index (χ2n) is 2.95. The molecule has 0 aliphatic heterocycles. The van der Waals surface area contributed by atoms with Crippen molar-refractivity contribution >= 4 is 0 Å². The molecule has 0 aromatic rings. The van der Waals surface area contributed by atoms with E-state index in [1.165, 1.54) is 0 Å². The number of hydrogen-bond donors (Lipinski definition) is 1. The van der Waals surface area contributed by atoms with E-state index in [0.717, 1.165) is 13.1 Å². The smallest absolute Gasteiger partial charge is 0.0163 e. The number of allylic oxidation sites excluding steroid dienone is 1. The van der Waals surface area contributed by atoms with Crippen LogP contribution < -0.4 is 5.32 Å². The zero-order chi connectivity index (χ0) is 12.0. The summed E-state index contributed by atoms with van der Waals surface area (Å²) in [6.07, 6.45) is 1.75. The Morgan fingerprint density at radius 1 is 1.43 bits per heavy atom. The number of nitrogens with zero attached hydrogens (tertiary/aromatic N) is 1. The van der Waals surface area contributed by atoms with Gasteiger partial charge in [-0.25, -0.2) is 0 Å². The summed E-state index contributed by atoms with van der Waals surface area (Å²) in [5, 5.41) is 3.19. The third-order valence-corrected chi connectivity index (χ3v) is 1.62. The standard InChI is InChI=1S/C7H18N2.C3H6.C2H6/c1-5-9(4)6-7(2)8-3;1-3-2;1-2/h7-8H,5-6H2,1-4H3;3H,1H2,2H3;1-2H3. The molecule has 0 aromatic heterocycles. The molecule has 0 aliphatic carbocycles. The molecule has 0 spiro atoms. The SMILES string of the molecule is C=CC.CC.CCN(C)CC(C)NC. The number of hydrogen-bond acceptors (Lipinski definition) is 2. The molecule has 0 saturated carbocycles. The van der Waals surface area contributed by atoms with E-state index < -0.39 is 0 Å². The first kappa shape index (κ1) is 19.3. The van der Waals surface area contributed by atoms with E-state index in [0.29, 0.717) is 6.04 Å². The van der Waals surface area contributed by atoms with Crippen LogP contribution in [0.2, 0.25) is 0 Å². The molecular formula is C12H30N2. The Labute approximate surface area is 91.4 Å². The van der Waals surface area contributed by atoms with Gasteiger partial charge in [-0.2, -0.15) is 0 Å². The highest BCUT2D eigenvalue weighted by atomic mass is 15.1. The van der Waals surface area contributed by atoms with Crippen molar-refractivity contribution in [3.05, 3.63) is 12.7 Å². The van der Waals surface area contributed by atoms with E-state index in [-0.39, 0.29) is 0 Å². The molecule has 14 heavy (non-hydrogen) atoms. The fourth-order valence-corrected chi connectivity index (χ4v) is 0.688. The zero-order valence-electron chi connectivity index (χ0n) is 11.2. The Bertz CT molecular complexity index is 84.3. The molecule has 0 aromatic carbocycles. The predicted octanol–water partition coefficient (Wildman–Crippen LogP) is 2.76. The van der Waals surface area contributed by atoms with Crippen molar-refractivity contribution in [2.75, 3.05) is 27.2 Å². The quantitative estimate of drug-likeness (QED) is 0.705. The fraction of sp³-hybridized carbons (Fsp3) is 0.833. The van der Waals surface area contributed by atoms with Crippen LogP contribution in [0.3, 0.4) is 0 Å². The van der Waals surface area contributed by atoms with Crippen molar-refractivity contribution in [1.82, 2.24) is 10.2 Å². The van der Waals surface area contributed by atoms with Gasteiger partial charge in [-0.1, -0.05) is 26.8 Å². The lowest BCUT2D eigenvalue weighted by molar-refractivity contribution is 0.317. The minimum Gasteiger partial charge on any atom is -0.316 e. The van der Waals surface area contributed by atoms with E-state index in [1.54, 1.807) is 6.08 Å². The number of likely N-dealkylation sites (N-methyl/N-ethyl adjacent to an activating group) is 2. The molecule has 0 aliphatic rings. The van der Waals surface area contributed by atoms with Gasteiger partial charge in [0.05, 0.1) is 0 Å². The lowest BCUT2D eigenvalue weighted by Gasteiger charge is -2.18. The molecule has 0 heterocycles. The lowest BCUT2D eigenvalue weighted by atomic mass is 10.3. The van der Waals surface area contributed by atoms with Crippen molar-refractivity contribution in [3.63, 3.8) is 0 Å². The van der Waals surface area contributed by atoms with E-state index >= 15 is 0 Å². The second-order valence-corrected chi connectivity index (χ2v) is 2.95. The molecule has 0 saturated heterocycles. The lowest BCUT2D eigenvalue weighted by Crippen LogP contribution is -2.35. The normalized spacial score (nSPS) is 10.6. The summed E-state index contributed by atoms with van der Waals surface area (Å²) in [5.41, 5.74) is 0. The summed E-state index contributed by atoms with van der Waals surface area (Å²) in [6, 6.07) is 0.606. The van der Waals surface area contributed by atoms with Crippen molar-refractivity contribution in [1.29, 1.82) is 0 Å². The van der Waals surface area contributed by atoms with Crippen LogP contribution in [0.5, 0.6) is 0 Å². The summed E-state index contributed by atoms with van der Waals surface area (Å²) >= 11 is 0. The van der Waals surface area contributed by atoms with Gasteiger partial charge in [0.2, 0.25) is 0 Å². The van der Waals surface area contributed by atoms with Crippen molar-refractivity contribution in [2.24, 2.45) is 0 Å². The Balaban J connectivity index is -0.000000205. The van der Waals surface area contributed by atoms with Crippen LogP contribution in [0, 0.1) is 0 Å². The fourth-order valence-electron chi connectivity index (χ4n) is 0.688. The van der Waals surface area contributed by atoms with Gasteiger partial charge in [0, 0.05) is 12.6 Å². The van der Waals surface area contributed by atoms with Gasteiger partial charge in [0.1, 0.15) is 0 Å². The zero-order valence-corrected chi connectivity index (χ0v) is 11.2. The first-order valence-corrected chi connectivity index (χ1v) is 5.55.